The summed E-state index contributed by atoms with van der Waals surface area (Å²) in [6, 6.07) is -0.111. The van der Waals surface area contributed by atoms with E-state index in [-0.39, 0.29) is 10.8 Å². The van der Waals surface area contributed by atoms with Crippen LogP contribution in [-0.2, 0) is 11.4 Å². The Balaban J connectivity index is 4.20. The molecule has 0 rings (SSSR count). The van der Waals surface area contributed by atoms with E-state index in [9.17, 15) is 4.55 Å². The zero-order valence-corrected chi connectivity index (χ0v) is 9.87. The molecule has 0 bridgehead atoms. The first kappa shape index (κ1) is 12.8. The fraction of sp³-hybridized carbons (Fsp3) is 0.800. The first-order valence-corrected chi connectivity index (χ1v) is 5.58. The largest absolute Gasteiger partial charge is 0.598 e. The Hall–Kier alpha value is -0.170. The van der Waals surface area contributed by atoms with Crippen molar-refractivity contribution >= 4 is 11.4 Å². The molecule has 0 aromatic heterocycles. The average molecular weight is 201 g/mol. The number of rotatable bonds is 3. The molecule has 0 saturated carbocycles. The van der Waals surface area contributed by atoms with Crippen LogP contribution in [-0.4, -0.2) is 15.3 Å². The molecule has 0 radical (unpaired) electrons. The van der Waals surface area contributed by atoms with E-state index in [2.05, 4.69) is 10.6 Å². The highest BCUT2D eigenvalue weighted by atomic mass is 32.2. The molecule has 2 atom stereocenters. The van der Waals surface area contributed by atoms with Gasteiger partial charge in [-0.05, 0) is 26.7 Å². The van der Waals surface area contributed by atoms with Crippen molar-refractivity contribution in [2.24, 2.45) is 5.92 Å². The van der Waals surface area contributed by atoms with Gasteiger partial charge in [0.25, 0.3) is 0 Å². The lowest BCUT2D eigenvalue weighted by atomic mass is 10.1. The minimum Gasteiger partial charge on any atom is -0.598 e. The highest BCUT2D eigenvalue weighted by Crippen LogP contribution is 2.15. The standard InChI is InChI=1S/C10H19NOS/c1-7-9(8(2)3)11-13(12)10(4,5)6/h1,8-9,11H,2-6H3/t9?,13-/m0/s1. The van der Waals surface area contributed by atoms with Gasteiger partial charge in [0.15, 0.2) is 0 Å². The molecule has 0 heterocycles. The lowest BCUT2D eigenvalue weighted by Gasteiger charge is -2.27. The van der Waals surface area contributed by atoms with Crippen molar-refractivity contribution in [3.05, 3.63) is 0 Å². The Morgan fingerprint density at radius 1 is 1.38 bits per heavy atom. The molecule has 0 aliphatic heterocycles. The van der Waals surface area contributed by atoms with Crippen LogP contribution < -0.4 is 4.72 Å². The molecule has 0 aliphatic rings. The van der Waals surface area contributed by atoms with E-state index in [0.717, 1.165) is 0 Å². The van der Waals surface area contributed by atoms with E-state index < -0.39 is 11.4 Å². The zero-order chi connectivity index (χ0) is 10.6. The lowest BCUT2D eigenvalue weighted by molar-refractivity contribution is 0.498. The molecule has 0 aliphatic carbocycles. The summed E-state index contributed by atoms with van der Waals surface area (Å²) in [4.78, 5) is 0. The van der Waals surface area contributed by atoms with Crippen molar-refractivity contribution in [2.45, 2.75) is 45.4 Å². The van der Waals surface area contributed by atoms with E-state index in [4.69, 9.17) is 6.42 Å². The van der Waals surface area contributed by atoms with Crippen molar-refractivity contribution in [1.82, 2.24) is 4.72 Å². The van der Waals surface area contributed by atoms with Crippen LogP contribution in [0.15, 0.2) is 0 Å². The van der Waals surface area contributed by atoms with Gasteiger partial charge in [0.2, 0.25) is 0 Å². The maximum absolute atomic E-state index is 11.6. The van der Waals surface area contributed by atoms with E-state index >= 15 is 0 Å². The highest BCUT2D eigenvalue weighted by Gasteiger charge is 2.29. The molecule has 1 N–H and O–H groups in total. The summed E-state index contributed by atoms with van der Waals surface area (Å²) in [7, 11) is 0. The van der Waals surface area contributed by atoms with Gasteiger partial charge in [-0.25, -0.2) is 0 Å². The molecule has 1 unspecified atom stereocenters. The first-order chi connectivity index (χ1) is 5.79. The second-order valence-corrected chi connectivity index (χ2v) is 6.39. The number of hydrogen-bond donors (Lipinski definition) is 1. The normalized spacial score (nSPS) is 16.8. The first-order valence-electron chi connectivity index (χ1n) is 4.43. The van der Waals surface area contributed by atoms with Crippen LogP contribution in [0.25, 0.3) is 0 Å². The molecular weight excluding hydrogens is 182 g/mol. The highest BCUT2D eigenvalue weighted by molar-refractivity contribution is 7.90. The van der Waals surface area contributed by atoms with E-state index in [1.807, 2.05) is 34.6 Å². The van der Waals surface area contributed by atoms with Crippen LogP contribution in [0, 0.1) is 18.3 Å². The van der Waals surface area contributed by atoms with Gasteiger partial charge in [-0.2, -0.15) is 0 Å². The Morgan fingerprint density at radius 3 is 2.08 bits per heavy atom. The Bertz CT molecular complexity index is 190. The number of hydrogen-bond acceptors (Lipinski definition) is 2. The zero-order valence-electron chi connectivity index (χ0n) is 9.05. The molecule has 0 aromatic carbocycles. The Morgan fingerprint density at radius 2 is 1.85 bits per heavy atom. The minimum absolute atomic E-state index is 0.111. The van der Waals surface area contributed by atoms with Crippen molar-refractivity contribution in [1.29, 1.82) is 0 Å². The lowest BCUT2D eigenvalue weighted by Crippen LogP contribution is -2.46. The molecule has 0 fully saturated rings. The molecular formula is C10H19NOS. The topological polar surface area (TPSA) is 35.1 Å². The van der Waals surface area contributed by atoms with Crippen molar-refractivity contribution in [3.63, 3.8) is 0 Å². The van der Waals surface area contributed by atoms with Gasteiger partial charge < -0.3 is 4.55 Å². The van der Waals surface area contributed by atoms with Gasteiger partial charge in [0, 0.05) is 11.4 Å². The third kappa shape index (κ3) is 4.56. The predicted octanol–water partition coefficient (Wildman–Crippen LogP) is 1.70. The van der Waals surface area contributed by atoms with Crippen LogP contribution in [0.5, 0.6) is 0 Å². The summed E-state index contributed by atoms with van der Waals surface area (Å²) in [5.41, 5.74) is 0. The van der Waals surface area contributed by atoms with Gasteiger partial charge in [0.1, 0.15) is 10.8 Å². The number of nitrogens with one attached hydrogen (secondary N) is 1. The Kier molecular flexibility index (Phi) is 4.83. The molecule has 76 valence electrons. The molecule has 13 heavy (non-hydrogen) atoms. The van der Waals surface area contributed by atoms with E-state index in [0.29, 0.717) is 5.92 Å². The fourth-order valence-electron chi connectivity index (χ4n) is 0.655. The summed E-state index contributed by atoms with van der Waals surface area (Å²) >= 11 is -1.08. The molecule has 0 spiro atoms. The van der Waals surface area contributed by atoms with Crippen molar-refractivity contribution in [3.8, 4) is 12.3 Å². The van der Waals surface area contributed by atoms with Crippen LogP contribution in [0.3, 0.4) is 0 Å². The maximum Gasteiger partial charge on any atom is 0.136 e. The van der Waals surface area contributed by atoms with Crippen LogP contribution in [0.1, 0.15) is 34.6 Å². The monoisotopic (exact) mass is 201 g/mol. The van der Waals surface area contributed by atoms with Crippen LogP contribution in [0.4, 0.5) is 0 Å². The van der Waals surface area contributed by atoms with Crippen molar-refractivity contribution < 1.29 is 4.55 Å². The van der Waals surface area contributed by atoms with Crippen molar-refractivity contribution in [2.75, 3.05) is 0 Å². The Labute approximate surface area is 84.8 Å². The summed E-state index contributed by atoms with van der Waals surface area (Å²) < 4.78 is 14.3. The number of terminal acetylenes is 1. The van der Waals surface area contributed by atoms with Gasteiger partial charge >= 0.3 is 0 Å². The second-order valence-electron chi connectivity index (χ2n) is 4.39. The summed E-state index contributed by atoms with van der Waals surface area (Å²) in [6.07, 6.45) is 5.32. The predicted molar refractivity (Wildman–Crippen MR) is 58.5 cm³/mol. The van der Waals surface area contributed by atoms with E-state index in [1.54, 1.807) is 0 Å². The minimum atomic E-state index is -1.08. The summed E-state index contributed by atoms with van der Waals surface area (Å²) in [5.74, 6) is 2.90. The SMILES string of the molecule is C#CC(N[S@@+]([O-])C(C)(C)C)C(C)C. The smallest absolute Gasteiger partial charge is 0.136 e. The second kappa shape index (κ2) is 4.90. The molecule has 3 heteroatoms. The van der Waals surface area contributed by atoms with Crippen LogP contribution in [0.2, 0.25) is 0 Å². The molecule has 0 saturated heterocycles. The van der Waals surface area contributed by atoms with Gasteiger partial charge in [-0.1, -0.05) is 19.8 Å². The van der Waals surface area contributed by atoms with E-state index in [1.165, 1.54) is 0 Å². The fourth-order valence-corrected chi connectivity index (χ4v) is 1.58. The van der Waals surface area contributed by atoms with Gasteiger partial charge in [0.05, 0.1) is 0 Å². The van der Waals surface area contributed by atoms with Gasteiger partial charge in [-0.15, -0.1) is 11.1 Å². The van der Waals surface area contributed by atoms with Gasteiger partial charge in [-0.3, -0.25) is 0 Å². The quantitative estimate of drug-likeness (QED) is 0.557. The molecule has 2 nitrogen and oxygen atoms in total. The third-order valence-electron chi connectivity index (χ3n) is 1.64. The summed E-state index contributed by atoms with van der Waals surface area (Å²) in [5, 5.41) is 0. The molecule has 0 aromatic rings. The molecule has 0 amide bonds. The average Bonchev–Trinajstić information content (AvgIpc) is 1.96. The summed E-state index contributed by atoms with van der Waals surface area (Å²) in [6.45, 7) is 9.78. The van der Waals surface area contributed by atoms with Crippen LogP contribution >= 0.6 is 0 Å². The maximum atomic E-state index is 11.6. The third-order valence-corrected chi connectivity index (χ3v) is 3.22.